The molecule has 0 aliphatic rings. The van der Waals surface area contributed by atoms with Gasteiger partial charge in [-0.05, 0) is 37.7 Å². The normalized spacial score (nSPS) is 11.6. The Labute approximate surface area is 114 Å². The van der Waals surface area contributed by atoms with E-state index >= 15 is 0 Å². The quantitative estimate of drug-likeness (QED) is 0.284. The molecular formula is C11H12N6OS. The molecule has 0 saturated carbocycles. The zero-order valence-corrected chi connectivity index (χ0v) is 11.2. The highest BCUT2D eigenvalue weighted by molar-refractivity contribution is 7.99. The Balaban J connectivity index is 2.33. The maximum Gasteiger partial charge on any atom is 0.196 e. The minimum atomic E-state index is -0.0579. The van der Waals surface area contributed by atoms with Crippen LogP contribution in [-0.4, -0.2) is 31.0 Å². The molecule has 3 N–H and O–H groups in total. The lowest BCUT2D eigenvalue weighted by Crippen LogP contribution is -2.16. The van der Waals surface area contributed by atoms with Gasteiger partial charge in [-0.1, -0.05) is 5.16 Å². The third-order valence-corrected chi connectivity index (χ3v) is 2.90. The largest absolute Gasteiger partial charge is 0.409 e. The van der Waals surface area contributed by atoms with E-state index in [2.05, 4.69) is 25.1 Å². The van der Waals surface area contributed by atoms with Crippen LogP contribution in [0.25, 0.3) is 0 Å². The van der Waals surface area contributed by atoms with Crippen LogP contribution in [0.1, 0.15) is 17.1 Å². The van der Waals surface area contributed by atoms with Gasteiger partial charge in [-0.2, -0.15) is 0 Å². The molecule has 0 aliphatic heterocycles. The van der Waals surface area contributed by atoms with Crippen LogP contribution >= 0.6 is 11.8 Å². The van der Waals surface area contributed by atoms with E-state index in [0.29, 0.717) is 21.7 Å². The highest BCUT2D eigenvalue weighted by atomic mass is 32.2. The van der Waals surface area contributed by atoms with Crippen LogP contribution in [0.15, 0.2) is 33.8 Å². The van der Waals surface area contributed by atoms with Crippen molar-refractivity contribution >= 4 is 17.6 Å². The van der Waals surface area contributed by atoms with Crippen molar-refractivity contribution in [3.05, 3.63) is 35.4 Å². The Kier molecular flexibility index (Phi) is 3.91. The molecule has 2 aromatic heterocycles. The predicted molar refractivity (Wildman–Crippen MR) is 70.2 cm³/mol. The zero-order valence-electron chi connectivity index (χ0n) is 10.4. The second-order valence-corrected chi connectivity index (χ2v) is 4.68. The summed E-state index contributed by atoms with van der Waals surface area (Å²) >= 11 is 1.22. The van der Waals surface area contributed by atoms with Gasteiger partial charge in [0.1, 0.15) is 5.69 Å². The summed E-state index contributed by atoms with van der Waals surface area (Å²) < 4.78 is 0. The fraction of sp³-hybridized carbons (Fsp3) is 0.182. The Hall–Kier alpha value is -2.22. The van der Waals surface area contributed by atoms with Gasteiger partial charge >= 0.3 is 0 Å². The molecular weight excluding hydrogens is 264 g/mol. The first-order valence-corrected chi connectivity index (χ1v) is 6.21. The van der Waals surface area contributed by atoms with Crippen molar-refractivity contribution in [1.29, 1.82) is 0 Å². The van der Waals surface area contributed by atoms with E-state index in [1.807, 2.05) is 13.0 Å². The summed E-state index contributed by atoms with van der Waals surface area (Å²) in [5.41, 5.74) is 7.46. The molecule has 2 heterocycles. The number of aromatic nitrogens is 4. The van der Waals surface area contributed by atoms with Gasteiger partial charge in [-0.15, -0.1) is 0 Å². The maximum absolute atomic E-state index is 8.67. The average molecular weight is 276 g/mol. The van der Waals surface area contributed by atoms with Crippen LogP contribution in [0.3, 0.4) is 0 Å². The standard InChI is InChI=1S/C11H12N6OS/c1-6-3-4-13-10(14-6)19-11-15-7(2)5-8(16-11)9(12)17-18/h3-5,18H,1-2H3,(H2,12,17). The Morgan fingerprint density at radius 3 is 2.63 bits per heavy atom. The van der Waals surface area contributed by atoms with E-state index in [1.54, 1.807) is 19.2 Å². The minimum absolute atomic E-state index is 0.0579. The number of hydrogen-bond acceptors (Lipinski definition) is 7. The first kappa shape index (κ1) is 13.2. The highest BCUT2D eigenvalue weighted by Gasteiger charge is 2.09. The predicted octanol–water partition coefficient (Wildman–Crippen LogP) is 1.13. The van der Waals surface area contributed by atoms with Gasteiger partial charge in [0.25, 0.3) is 0 Å². The van der Waals surface area contributed by atoms with E-state index in [-0.39, 0.29) is 5.84 Å². The van der Waals surface area contributed by atoms with Crippen molar-refractivity contribution in [2.45, 2.75) is 24.2 Å². The molecule has 0 fully saturated rings. The van der Waals surface area contributed by atoms with Gasteiger partial charge in [-0.3, -0.25) is 0 Å². The van der Waals surface area contributed by atoms with Crippen LogP contribution in [0.2, 0.25) is 0 Å². The fourth-order valence-electron chi connectivity index (χ4n) is 1.33. The summed E-state index contributed by atoms with van der Waals surface area (Å²) in [7, 11) is 0. The molecule has 98 valence electrons. The average Bonchev–Trinajstić information content (AvgIpc) is 2.37. The van der Waals surface area contributed by atoms with Crippen molar-refractivity contribution in [3.63, 3.8) is 0 Å². The lowest BCUT2D eigenvalue weighted by atomic mass is 10.3. The smallest absolute Gasteiger partial charge is 0.196 e. The monoisotopic (exact) mass is 276 g/mol. The molecule has 2 aromatic rings. The van der Waals surface area contributed by atoms with E-state index in [4.69, 9.17) is 10.9 Å². The number of rotatable bonds is 3. The summed E-state index contributed by atoms with van der Waals surface area (Å²) in [6.07, 6.45) is 1.67. The number of aryl methyl sites for hydroxylation is 2. The Morgan fingerprint density at radius 1 is 1.21 bits per heavy atom. The topological polar surface area (TPSA) is 110 Å². The number of nitrogens with two attached hydrogens (primary N) is 1. The van der Waals surface area contributed by atoms with Crippen molar-refractivity contribution in [3.8, 4) is 0 Å². The molecule has 0 bridgehead atoms. The lowest BCUT2D eigenvalue weighted by Gasteiger charge is -2.04. The first-order valence-electron chi connectivity index (χ1n) is 5.39. The Bertz CT molecular complexity index is 630. The van der Waals surface area contributed by atoms with Crippen LogP contribution < -0.4 is 5.73 Å². The van der Waals surface area contributed by atoms with Gasteiger partial charge in [0, 0.05) is 17.6 Å². The van der Waals surface area contributed by atoms with Crippen molar-refractivity contribution in [2.75, 3.05) is 0 Å². The van der Waals surface area contributed by atoms with Gasteiger partial charge < -0.3 is 10.9 Å². The molecule has 0 amide bonds. The Morgan fingerprint density at radius 2 is 1.95 bits per heavy atom. The van der Waals surface area contributed by atoms with Crippen LogP contribution in [0.5, 0.6) is 0 Å². The van der Waals surface area contributed by atoms with Gasteiger partial charge in [0.2, 0.25) is 0 Å². The molecule has 0 saturated heterocycles. The van der Waals surface area contributed by atoms with Crippen molar-refractivity contribution in [2.24, 2.45) is 10.9 Å². The molecule has 7 nitrogen and oxygen atoms in total. The molecule has 0 radical (unpaired) electrons. The summed E-state index contributed by atoms with van der Waals surface area (Å²) in [5, 5.41) is 12.6. The van der Waals surface area contributed by atoms with E-state index < -0.39 is 0 Å². The highest BCUT2D eigenvalue weighted by Crippen LogP contribution is 2.21. The number of hydrogen-bond donors (Lipinski definition) is 2. The first-order chi connectivity index (χ1) is 9.08. The molecule has 0 aliphatic carbocycles. The third kappa shape index (κ3) is 3.38. The fourth-order valence-corrected chi connectivity index (χ4v) is 2.13. The van der Waals surface area contributed by atoms with Crippen LogP contribution in [0.4, 0.5) is 0 Å². The van der Waals surface area contributed by atoms with E-state index in [1.165, 1.54) is 11.8 Å². The molecule has 8 heteroatoms. The second-order valence-electron chi connectivity index (χ2n) is 3.75. The second kappa shape index (κ2) is 5.61. The number of amidine groups is 1. The summed E-state index contributed by atoms with van der Waals surface area (Å²) in [6.45, 7) is 3.68. The number of oxime groups is 1. The SMILES string of the molecule is Cc1ccnc(Sc2nc(C)cc(/C(N)=N/O)n2)n1. The molecule has 0 aromatic carbocycles. The summed E-state index contributed by atoms with van der Waals surface area (Å²) in [4.78, 5) is 16.8. The van der Waals surface area contributed by atoms with Crippen LogP contribution in [-0.2, 0) is 0 Å². The summed E-state index contributed by atoms with van der Waals surface area (Å²) in [5.74, 6) is -0.0579. The molecule has 0 unspecified atom stereocenters. The molecule has 19 heavy (non-hydrogen) atoms. The lowest BCUT2D eigenvalue weighted by molar-refractivity contribution is 0.318. The molecule has 0 spiro atoms. The van der Waals surface area contributed by atoms with Gasteiger partial charge in [0.05, 0.1) is 0 Å². The third-order valence-electron chi connectivity index (χ3n) is 2.16. The van der Waals surface area contributed by atoms with E-state index in [0.717, 1.165) is 5.69 Å². The van der Waals surface area contributed by atoms with Gasteiger partial charge in [-0.25, -0.2) is 19.9 Å². The molecule has 0 atom stereocenters. The van der Waals surface area contributed by atoms with Crippen LogP contribution in [0, 0.1) is 13.8 Å². The van der Waals surface area contributed by atoms with E-state index in [9.17, 15) is 0 Å². The summed E-state index contributed by atoms with van der Waals surface area (Å²) in [6, 6.07) is 3.44. The van der Waals surface area contributed by atoms with Crippen molar-refractivity contribution < 1.29 is 5.21 Å². The number of nitrogens with zero attached hydrogens (tertiary/aromatic N) is 5. The molecule has 2 rings (SSSR count). The zero-order chi connectivity index (χ0) is 13.8. The maximum atomic E-state index is 8.67. The van der Waals surface area contributed by atoms with Gasteiger partial charge in [0.15, 0.2) is 16.1 Å². The minimum Gasteiger partial charge on any atom is -0.409 e. The van der Waals surface area contributed by atoms with Crippen molar-refractivity contribution in [1.82, 2.24) is 19.9 Å².